The first-order valence-electron chi connectivity index (χ1n) is 11.1. The molecule has 1 aliphatic heterocycles. The fourth-order valence-electron chi connectivity index (χ4n) is 4.36. The lowest BCUT2D eigenvalue weighted by molar-refractivity contribution is 0.131. The zero-order valence-electron chi connectivity index (χ0n) is 18.7. The Kier molecular flexibility index (Phi) is 9.26. The Labute approximate surface area is 207 Å². The lowest BCUT2D eigenvalue weighted by Crippen LogP contribution is -2.47. The van der Waals surface area contributed by atoms with E-state index in [9.17, 15) is 0 Å². The van der Waals surface area contributed by atoms with Gasteiger partial charge in [-0.1, -0.05) is 30.3 Å². The molecule has 0 radical (unpaired) electrons. The summed E-state index contributed by atoms with van der Waals surface area (Å²) in [6.07, 6.45) is 7.65. The molecule has 1 fully saturated rings. The van der Waals surface area contributed by atoms with Crippen molar-refractivity contribution in [1.82, 2.24) is 34.3 Å². The quantitative estimate of drug-likeness (QED) is 0.379. The number of hydrogen-bond acceptors (Lipinski definition) is 5. The van der Waals surface area contributed by atoms with Gasteiger partial charge in [0.2, 0.25) is 0 Å². The first-order chi connectivity index (χ1) is 15.3. The third kappa shape index (κ3) is 6.32. The number of rotatable bonds is 8. The van der Waals surface area contributed by atoms with Crippen molar-refractivity contribution < 1.29 is 0 Å². The molecule has 1 saturated heterocycles. The van der Waals surface area contributed by atoms with Gasteiger partial charge in [-0.05, 0) is 43.1 Å². The lowest BCUT2D eigenvalue weighted by atomic mass is 10.1. The SMILES string of the molecule is Cl.Cl.c1ccc(CCN2CCN(CCCn3ncc4cc(-n5cnnc5)ccc43)CC2)cc1. The molecule has 0 atom stereocenters. The van der Waals surface area contributed by atoms with E-state index in [0.717, 1.165) is 56.6 Å². The summed E-state index contributed by atoms with van der Waals surface area (Å²) in [6.45, 7) is 7.91. The minimum atomic E-state index is 0. The largest absolute Gasteiger partial charge is 0.301 e. The van der Waals surface area contributed by atoms with Crippen LogP contribution in [0.15, 0.2) is 67.4 Å². The minimum absolute atomic E-state index is 0. The number of nitrogens with zero attached hydrogens (tertiary/aromatic N) is 7. The van der Waals surface area contributed by atoms with E-state index in [4.69, 9.17) is 0 Å². The fourth-order valence-corrected chi connectivity index (χ4v) is 4.36. The second-order valence-electron chi connectivity index (χ2n) is 8.25. The molecule has 7 nitrogen and oxygen atoms in total. The van der Waals surface area contributed by atoms with Gasteiger partial charge in [-0.25, -0.2) is 0 Å². The Bertz CT molecular complexity index is 1090. The molecule has 4 aromatic rings. The molecule has 3 heterocycles. The van der Waals surface area contributed by atoms with E-state index in [1.54, 1.807) is 12.7 Å². The van der Waals surface area contributed by atoms with Gasteiger partial charge in [-0.2, -0.15) is 5.10 Å². The molecule has 5 rings (SSSR count). The van der Waals surface area contributed by atoms with Crippen molar-refractivity contribution >= 4 is 35.7 Å². The maximum Gasteiger partial charge on any atom is 0.123 e. The number of halogens is 2. The maximum atomic E-state index is 4.62. The fraction of sp³-hybridized carbons (Fsp3) is 0.375. The van der Waals surface area contributed by atoms with E-state index in [2.05, 4.69) is 78.3 Å². The number of aryl methyl sites for hydroxylation is 1. The topological polar surface area (TPSA) is 55.0 Å². The Morgan fingerprint density at radius 3 is 2.18 bits per heavy atom. The van der Waals surface area contributed by atoms with Crippen molar-refractivity contribution in [2.75, 3.05) is 39.3 Å². The number of benzene rings is 2. The van der Waals surface area contributed by atoms with Gasteiger partial charge in [0.15, 0.2) is 0 Å². The average molecular weight is 488 g/mol. The van der Waals surface area contributed by atoms with Crippen molar-refractivity contribution in [2.45, 2.75) is 19.4 Å². The molecular formula is C24H31Cl2N7. The molecule has 0 aliphatic carbocycles. The predicted molar refractivity (Wildman–Crippen MR) is 137 cm³/mol. The summed E-state index contributed by atoms with van der Waals surface area (Å²) in [7, 11) is 0. The Morgan fingerprint density at radius 1 is 0.758 bits per heavy atom. The third-order valence-corrected chi connectivity index (χ3v) is 6.21. The zero-order chi connectivity index (χ0) is 20.9. The highest BCUT2D eigenvalue weighted by Crippen LogP contribution is 2.18. The molecule has 0 unspecified atom stereocenters. The Morgan fingerprint density at radius 2 is 1.45 bits per heavy atom. The third-order valence-electron chi connectivity index (χ3n) is 6.21. The second kappa shape index (κ2) is 12.1. The summed E-state index contributed by atoms with van der Waals surface area (Å²) >= 11 is 0. The van der Waals surface area contributed by atoms with Gasteiger partial charge in [-0.3, -0.25) is 9.25 Å². The van der Waals surface area contributed by atoms with Crippen molar-refractivity contribution in [3.05, 3.63) is 72.9 Å². The molecule has 0 spiro atoms. The van der Waals surface area contributed by atoms with Crippen LogP contribution in [0.4, 0.5) is 0 Å². The van der Waals surface area contributed by atoms with Crippen LogP contribution in [0.2, 0.25) is 0 Å². The average Bonchev–Trinajstić information content (AvgIpc) is 3.49. The number of fused-ring (bicyclic) bond motifs is 1. The summed E-state index contributed by atoms with van der Waals surface area (Å²) in [5.41, 5.74) is 3.68. The highest BCUT2D eigenvalue weighted by atomic mass is 35.5. The Hall–Kier alpha value is -2.45. The van der Waals surface area contributed by atoms with E-state index in [0.29, 0.717) is 0 Å². The van der Waals surface area contributed by atoms with E-state index in [-0.39, 0.29) is 24.8 Å². The smallest absolute Gasteiger partial charge is 0.123 e. The van der Waals surface area contributed by atoms with E-state index in [1.807, 2.05) is 10.8 Å². The van der Waals surface area contributed by atoms with Crippen molar-refractivity contribution in [1.29, 1.82) is 0 Å². The van der Waals surface area contributed by atoms with Crippen LogP contribution in [0.5, 0.6) is 0 Å². The Balaban J connectivity index is 0.00000153. The molecular weight excluding hydrogens is 457 g/mol. The second-order valence-corrected chi connectivity index (χ2v) is 8.25. The van der Waals surface area contributed by atoms with Crippen LogP contribution in [0, 0.1) is 0 Å². The van der Waals surface area contributed by atoms with Crippen molar-refractivity contribution in [2.24, 2.45) is 0 Å². The van der Waals surface area contributed by atoms with E-state index < -0.39 is 0 Å². The van der Waals surface area contributed by atoms with Gasteiger partial charge in [0.05, 0.1) is 11.7 Å². The van der Waals surface area contributed by atoms with Gasteiger partial charge in [0.25, 0.3) is 0 Å². The van der Waals surface area contributed by atoms with Crippen LogP contribution >= 0.6 is 24.8 Å². The van der Waals surface area contributed by atoms with Crippen LogP contribution < -0.4 is 0 Å². The number of piperazine rings is 1. The van der Waals surface area contributed by atoms with Gasteiger partial charge in [0, 0.05) is 50.3 Å². The molecule has 0 amide bonds. The van der Waals surface area contributed by atoms with Crippen LogP contribution in [0.1, 0.15) is 12.0 Å². The van der Waals surface area contributed by atoms with Crippen molar-refractivity contribution in [3.8, 4) is 5.69 Å². The van der Waals surface area contributed by atoms with Gasteiger partial charge in [-0.15, -0.1) is 35.0 Å². The first-order valence-corrected chi connectivity index (χ1v) is 11.1. The van der Waals surface area contributed by atoms with Crippen molar-refractivity contribution in [3.63, 3.8) is 0 Å². The molecule has 2 aromatic heterocycles. The highest BCUT2D eigenvalue weighted by molar-refractivity contribution is 5.85. The maximum absolute atomic E-state index is 4.62. The zero-order valence-corrected chi connectivity index (χ0v) is 20.3. The summed E-state index contributed by atoms with van der Waals surface area (Å²) in [5.74, 6) is 0. The van der Waals surface area contributed by atoms with Gasteiger partial charge < -0.3 is 9.80 Å². The number of hydrogen-bond donors (Lipinski definition) is 0. The first kappa shape index (κ1) is 25.2. The monoisotopic (exact) mass is 487 g/mol. The summed E-state index contributed by atoms with van der Waals surface area (Å²) in [5, 5.41) is 13.5. The van der Waals surface area contributed by atoms with Crippen LogP contribution in [0.25, 0.3) is 16.6 Å². The van der Waals surface area contributed by atoms with E-state index >= 15 is 0 Å². The minimum Gasteiger partial charge on any atom is -0.301 e. The van der Waals surface area contributed by atoms with Gasteiger partial charge in [0.1, 0.15) is 12.7 Å². The van der Waals surface area contributed by atoms with Crippen LogP contribution in [-0.2, 0) is 13.0 Å². The van der Waals surface area contributed by atoms with Crippen LogP contribution in [-0.4, -0.2) is 73.6 Å². The number of aromatic nitrogens is 5. The molecule has 9 heteroatoms. The van der Waals surface area contributed by atoms with E-state index in [1.165, 1.54) is 24.2 Å². The van der Waals surface area contributed by atoms with Gasteiger partial charge >= 0.3 is 0 Å². The molecule has 33 heavy (non-hydrogen) atoms. The molecule has 0 saturated carbocycles. The summed E-state index contributed by atoms with van der Waals surface area (Å²) in [6, 6.07) is 17.2. The molecule has 0 N–H and O–H groups in total. The molecule has 0 bridgehead atoms. The summed E-state index contributed by atoms with van der Waals surface area (Å²) < 4.78 is 4.04. The predicted octanol–water partition coefficient (Wildman–Crippen LogP) is 3.71. The summed E-state index contributed by atoms with van der Waals surface area (Å²) in [4.78, 5) is 5.19. The lowest BCUT2D eigenvalue weighted by Gasteiger charge is -2.34. The molecule has 1 aliphatic rings. The standard InChI is InChI=1S/C24H29N7.2ClH/c1-2-5-21(6-3-1)9-12-29-15-13-28(14-16-29)10-4-11-31-24-8-7-23(17-22(24)18-27-31)30-19-25-26-20-30;;/h1-3,5-8,17-20H,4,9-16H2;2*1H. The highest BCUT2D eigenvalue weighted by Gasteiger charge is 2.16. The normalized spacial score (nSPS) is 14.7. The molecule has 2 aromatic carbocycles. The van der Waals surface area contributed by atoms with Crippen LogP contribution in [0.3, 0.4) is 0 Å². The molecule has 176 valence electrons.